The van der Waals surface area contributed by atoms with Gasteiger partial charge in [-0.25, -0.2) is 4.98 Å². The number of thiazole rings is 1. The van der Waals surface area contributed by atoms with E-state index < -0.39 is 5.56 Å². The van der Waals surface area contributed by atoms with Crippen LogP contribution in [0.2, 0.25) is 0 Å². The van der Waals surface area contributed by atoms with Crippen molar-refractivity contribution < 1.29 is 0 Å². The molecule has 4 aromatic rings. The summed E-state index contributed by atoms with van der Waals surface area (Å²) < 4.78 is 2.44. The van der Waals surface area contributed by atoms with Crippen LogP contribution in [0.25, 0.3) is 26.2 Å². The Labute approximate surface area is 103 Å². The summed E-state index contributed by atoms with van der Waals surface area (Å²) >= 11 is 1.42. The molecule has 0 saturated carbocycles. The maximum Gasteiger partial charge on any atom is 0.279 e. The van der Waals surface area contributed by atoms with Gasteiger partial charge in [0.2, 0.25) is 0 Å². The molecular formula is C11H6N4O2S. The lowest BCUT2D eigenvalue weighted by atomic mass is 10.3. The first-order valence-electron chi connectivity index (χ1n) is 5.26. The average Bonchev–Trinajstić information content (AvgIpc) is 2.91. The monoisotopic (exact) mass is 258 g/mol. The molecule has 18 heavy (non-hydrogen) atoms. The van der Waals surface area contributed by atoms with Crippen molar-refractivity contribution in [1.82, 2.24) is 19.6 Å². The van der Waals surface area contributed by atoms with Crippen LogP contribution >= 0.6 is 11.3 Å². The highest BCUT2D eigenvalue weighted by molar-refractivity contribution is 7.23. The van der Waals surface area contributed by atoms with Gasteiger partial charge >= 0.3 is 0 Å². The zero-order chi connectivity index (χ0) is 12.3. The third kappa shape index (κ3) is 1.04. The van der Waals surface area contributed by atoms with Gasteiger partial charge in [0, 0.05) is 0 Å². The summed E-state index contributed by atoms with van der Waals surface area (Å²) in [6.45, 7) is 0. The number of rotatable bonds is 0. The van der Waals surface area contributed by atoms with E-state index in [1.165, 1.54) is 15.7 Å². The molecule has 0 aliphatic rings. The molecule has 0 bridgehead atoms. The Bertz CT molecular complexity index is 1020. The van der Waals surface area contributed by atoms with E-state index in [4.69, 9.17) is 0 Å². The molecule has 0 saturated heterocycles. The van der Waals surface area contributed by atoms with E-state index in [0.29, 0.717) is 10.6 Å². The van der Waals surface area contributed by atoms with Crippen LogP contribution in [-0.4, -0.2) is 19.6 Å². The zero-order valence-corrected chi connectivity index (χ0v) is 9.75. The lowest BCUT2D eigenvalue weighted by molar-refractivity contribution is 1.07. The first-order chi connectivity index (χ1) is 8.75. The van der Waals surface area contributed by atoms with Crippen LogP contribution < -0.4 is 11.1 Å². The SMILES string of the molecule is O=c1[nH][nH]c2nc3sc4ccccc4n3c(=O)c12. The van der Waals surface area contributed by atoms with E-state index in [-0.39, 0.29) is 10.9 Å². The molecule has 4 rings (SSSR count). The maximum atomic E-state index is 12.3. The number of hydrogen-bond donors (Lipinski definition) is 2. The summed E-state index contributed by atoms with van der Waals surface area (Å²) in [4.78, 5) is 28.8. The third-order valence-electron chi connectivity index (χ3n) is 2.88. The predicted molar refractivity (Wildman–Crippen MR) is 69.3 cm³/mol. The van der Waals surface area contributed by atoms with E-state index in [2.05, 4.69) is 15.2 Å². The van der Waals surface area contributed by atoms with E-state index in [0.717, 1.165) is 10.2 Å². The van der Waals surface area contributed by atoms with Gasteiger partial charge in [-0.2, -0.15) is 0 Å². The molecule has 0 radical (unpaired) electrons. The second-order valence-corrected chi connectivity index (χ2v) is 4.92. The summed E-state index contributed by atoms with van der Waals surface area (Å²) in [5.41, 5.74) is 0.302. The zero-order valence-electron chi connectivity index (χ0n) is 8.93. The van der Waals surface area contributed by atoms with Gasteiger partial charge in [0.15, 0.2) is 16.0 Å². The Morgan fingerprint density at radius 2 is 2.00 bits per heavy atom. The quantitative estimate of drug-likeness (QED) is 0.495. The molecular weight excluding hydrogens is 252 g/mol. The van der Waals surface area contributed by atoms with Crippen LogP contribution in [-0.2, 0) is 0 Å². The minimum Gasteiger partial charge on any atom is -0.281 e. The molecule has 0 fully saturated rings. The second kappa shape index (κ2) is 3.08. The van der Waals surface area contributed by atoms with Crippen LogP contribution in [0.1, 0.15) is 0 Å². The van der Waals surface area contributed by atoms with Crippen LogP contribution in [0.15, 0.2) is 33.9 Å². The Morgan fingerprint density at radius 3 is 2.89 bits per heavy atom. The summed E-state index contributed by atoms with van der Waals surface area (Å²) in [7, 11) is 0. The number of aromatic nitrogens is 4. The molecule has 3 heterocycles. The van der Waals surface area contributed by atoms with Crippen molar-refractivity contribution in [3.63, 3.8) is 0 Å². The topological polar surface area (TPSA) is 83.0 Å². The van der Waals surface area contributed by atoms with Gasteiger partial charge in [-0.3, -0.25) is 24.2 Å². The Balaban J connectivity index is 2.44. The van der Waals surface area contributed by atoms with Gasteiger partial charge in [-0.15, -0.1) is 0 Å². The fourth-order valence-electron chi connectivity index (χ4n) is 2.08. The largest absolute Gasteiger partial charge is 0.281 e. The van der Waals surface area contributed by atoms with Gasteiger partial charge in [0.05, 0.1) is 10.2 Å². The average molecular weight is 258 g/mol. The van der Waals surface area contributed by atoms with Gasteiger partial charge in [-0.1, -0.05) is 23.5 Å². The summed E-state index contributed by atoms with van der Waals surface area (Å²) in [5.74, 6) is 0. The fraction of sp³-hybridized carbons (Fsp3) is 0. The van der Waals surface area contributed by atoms with Crippen LogP contribution in [0, 0.1) is 0 Å². The molecule has 0 spiro atoms. The van der Waals surface area contributed by atoms with Gasteiger partial charge in [-0.05, 0) is 12.1 Å². The smallest absolute Gasteiger partial charge is 0.279 e. The third-order valence-corrected chi connectivity index (χ3v) is 3.90. The number of nitrogens with zero attached hydrogens (tertiary/aromatic N) is 2. The number of benzene rings is 1. The first-order valence-corrected chi connectivity index (χ1v) is 6.08. The van der Waals surface area contributed by atoms with Crippen molar-refractivity contribution in [3.05, 3.63) is 45.0 Å². The fourth-order valence-corrected chi connectivity index (χ4v) is 3.10. The molecule has 0 amide bonds. The van der Waals surface area contributed by atoms with Gasteiger partial charge in [0.25, 0.3) is 11.1 Å². The highest BCUT2D eigenvalue weighted by atomic mass is 32.1. The van der Waals surface area contributed by atoms with Crippen molar-refractivity contribution in [2.75, 3.05) is 0 Å². The second-order valence-electron chi connectivity index (χ2n) is 3.91. The van der Waals surface area contributed by atoms with Crippen molar-refractivity contribution in [2.24, 2.45) is 0 Å². The summed E-state index contributed by atoms with van der Waals surface area (Å²) in [6.07, 6.45) is 0. The first kappa shape index (κ1) is 9.60. The number of nitrogens with one attached hydrogen (secondary N) is 2. The molecule has 7 heteroatoms. The van der Waals surface area contributed by atoms with Crippen molar-refractivity contribution >= 4 is 37.5 Å². The maximum absolute atomic E-state index is 12.3. The number of hydrogen-bond acceptors (Lipinski definition) is 4. The molecule has 6 nitrogen and oxygen atoms in total. The van der Waals surface area contributed by atoms with E-state index in [9.17, 15) is 9.59 Å². The molecule has 0 unspecified atom stereocenters. The minimum atomic E-state index is -0.438. The summed E-state index contributed by atoms with van der Waals surface area (Å²) in [6, 6.07) is 7.52. The number of fused-ring (bicyclic) bond motifs is 4. The van der Waals surface area contributed by atoms with Crippen molar-refractivity contribution in [1.29, 1.82) is 0 Å². The molecule has 1 aromatic carbocycles. The molecule has 2 N–H and O–H groups in total. The number of H-pyrrole nitrogens is 2. The van der Waals surface area contributed by atoms with Gasteiger partial charge in [0.1, 0.15) is 0 Å². The molecule has 0 atom stereocenters. The normalized spacial score (nSPS) is 11.8. The van der Waals surface area contributed by atoms with E-state index >= 15 is 0 Å². The number of aromatic amines is 2. The lowest BCUT2D eigenvalue weighted by Gasteiger charge is -1.93. The number of para-hydroxylation sites is 1. The van der Waals surface area contributed by atoms with Crippen molar-refractivity contribution in [3.8, 4) is 0 Å². The highest BCUT2D eigenvalue weighted by Crippen LogP contribution is 2.23. The Morgan fingerprint density at radius 1 is 1.17 bits per heavy atom. The molecule has 0 aliphatic heterocycles. The Kier molecular flexibility index (Phi) is 1.64. The molecule has 3 aromatic heterocycles. The van der Waals surface area contributed by atoms with E-state index in [1.807, 2.05) is 24.3 Å². The standard InChI is InChI=1S/C11H6N4O2S/c16-9-7-8(13-14-9)12-11-15(10(7)17)5-3-1-2-4-6(5)18-11/h1-4H,(H2,13,14,16). The minimum absolute atomic E-state index is 0.0658. The van der Waals surface area contributed by atoms with E-state index in [1.54, 1.807) is 0 Å². The van der Waals surface area contributed by atoms with Crippen LogP contribution in [0.5, 0.6) is 0 Å². The Hall–Kier alpha value is -2.41. The molecule has 88 valence electrons. The highest BCUT2D eigenvalue weighted by Gasteiger charge is 2.14. The van der Waals surface area contributed by atoms with Gasteiger partial charge < -0.3 is 0 Å². The lowest BCUT2D eigenvalue weighted by Crippen LogP contribution is -2.18. The van der Waals surface area contributed by atoms with Crippen LogP contribution in [0.4, 0.5) is 0 Å². The van der Waals surface area contributed by atoms with Crippen molar-refractivity contribution in [2.45, 2.75) is 0 Å². The molecule has 0 aliphatic carbocycles. The predicted octanol–water partition coefficient (Wildman–Crippen LogP) is 1.08. The summed E-state index contributed by atoms with van der Waals surface area (Å²) in [5, 5.41) is 5.05. The van der Waals surface area contributed by atoms with Crippen LogP contribution in [0.3, 0.4) is 0 Å².